The molecule has 1 heterocycles. The molecule has 3 atom stereocenters. The first-order chi connectivity index (χ1) is 7.11. The normalized spacial score (nSPS) is 29.4. The zero-order chi connectivity index (χ0) is 11.3. The zero-order valence-electron chi connectivity index (χ0n) is 10.8. The lowest BCUT2D eigenvalue weighted by Crippen LogP contribution is -2.43. The van der Waals surface area contributed by atoms with Crippen LogP contribution in [-0.2, 0) is 4.74 Å². The van der Waals surface area contributed by atoms with E-state index in [0.717, 1.165) is 18.9 Å². The quantitative estimate of drug-likeness (QED) is 0.758. The summed E-state index contributed by atoms with van der Waals surface area (Å²) in [7, 11) is 0. The Hall–Kier alpha value is -0.0800. The van der Waals surface area contributed by atoms with Crippen LogP contribution in [0.1, 0.15) is 53.4 Å². The summed E-state index contributed by atoms with van der Waals surface area (Å²) in [6, 6.07) is 1.32. The Kier molecular flexibility index (Phi) is 5.62. The third kappa shape index (κ3) is 4.98. The first kappa shape index (κ1) is 13.0. The largest absolute Gasteiger partial charge is 0.378 e. The highest BCUT2D eigenvalue weighted by Gasteiger charge is 2.22. The Labute approximate surface area is 94.8 Å². The van der Waals surface area contributed by atoms with Gasteiger partial charge in [0.15, 0.2) is 0 Å². The first-order valence-electron chi connectivity index (χ1n) is 6.49. The summed E-state index contributed by atoms with van der Waals surface area (Å²) in [6.45, 7) is 10.0. The number of rotatable bonds is 5. The van der Waals surface area contributed by atoms with Gasteiger partial charge in [0.2, 0.25) is 0 Å². The lowest BCUT2D eigenvalue weighted by molar-refractivity contribution is -0.00194. The monoisotopic (exact) mass is 213 g/mol. The van der Waals surface area contributed by atoms with E-state index in [1.54, 1.807) is 0 Å². The summed E-state index contributed by atoms with van der Waals surface area (Å²) >= 11 is 0. The van der Waals surface area contributed by atoms with Gasteiger partial charge in [-0.05, 0) is 38.5 Å². The van der Waals surface area contributed by atoms with Crippen LogP contribution in [0.2, 0.25) is 0 Å². The summed E-state index contributed by atoms with van der Waals surface area (Å²) in [5.74, 6) is 0.786. The Bertz CT molecular complexity index is 170. The molecule has 2 nitrogen and oxygen atoms in total. The van der Waals surface area contributed by atoms with E-state index < -0.39 is 0 Å². The van der Waals surface area contributed by atoms with Crippen molar-refractivity contribution in [3.63, 3.8) is 0 Å². The van der Waals surface area contributed by atoms with Crippen molar-refractivity contribution in [3.8, 4) is 0 Å². The van der Waals surface area contributed by atoms with Crippen molar-refractivity contribution in [1.29, 1.82) is 0 Å². The molecular weight excluding hydrogens is 186 g/mol. The summed E-state index contributed by atoms with van der Waals surface area (Å²) in [6.07, 6.45) is 5.28. The molecule has 0 aromatic rings. The second-order valence-corrected chi connectivity index (χ2v) is 5.32. The molecule has 1 N–H and O–H groups in total. The Morgan fingerprint density at radius 2 is 2.07 bits per heavy atom. The van der Waals surface area contributed by atoms with E-state index in [2.05, 4.69) is 33.0 Å². The van der Waals surface area contributed by atoms with Crippen LogP contribution in [0, 0.1) is 5.92 Å². The van der Waals surface area contributed by atoms with Crippen LogP contribution < -0.4 is 5.32 Å². The fourth-order valence-corrected chi connectivity index (χ4v) is 2.49. The van der Waals surface area contributed by atoms with Gasteiger partial charge in [-0.3, -0.25) is 0 Å². The van der Waals surface area contributed by atoms with Gasteiger partial charge in [-0.2, -0.15) is 0 Å². The molecule has 0 spiro atoms. The van der Waals surface area contributed by atoms with E-state index in [1.807, 2.05) is 0 Å². The number of hydrogen-bond donors (Lipinski definition) is 1. The van der Waals surface area contributed by atoms with E-state index in [-0.39, 0.29) is 0 Å². The number of hydrogen-bond acceptors (Lipinski definition) is 2. The van der Waals surface area contributed by atoms with Gasteiger partial charge in [0.05, 0.1) is 6.10 Å². The highest BCUT2D eigenvalue weighted by Crippen LogP contribution is 2.17. The Balaban J connectivity index is 2.25. The van der Waals surface area contributed by atoms with Crippen LogP contribution in [0.4, 0.5) is 0 Å². The van der Waals surface area contributed by atoms with Gasteiger partial charge in [-0.25, -0.2) is 0 Å². The van der Waals surface area contributed by atoms with Crippen LogP contribution in [0.5, 0.6) is 0 Å². The maximum Gasteiger partial charge on any atom is 0.0587 e. The van der Waals surface area contributed by atoms with Gasteiger partial charge in [-0.15, -0.1) is 0 Å². The summed E-state index contributed by atoms with van der Waals surface area (Å²) in [4.78, 5) is 0. The molecule has 15 heavy (non-hydrogen) atoms. The molecular formula is C13H27NO. The molecule has 1 rings (SSSR count). The van der Waals surface area contributed by atoms with Gasteiger partial charge in [0.25, 0.3) is 0 Å². The topological polar surface area (TPSA) is 21.3 Å². The molecule has 0 radical (unpaired) electrons. The van der Waals surface area contributed by atoms with Gasteiger partial charge in [0, 0.05) is 18.7 Å². The molecule has 1 aliphatic rings. The van der Waals surface area contributed by atoms with Crippen LogP contribution in [-0.4, -0.2) is 24.8 Å². The smallest absolute Gasteiger partial charge is 0.0587 e. The van der Waals surface area contributed by atoms with Crippen molar-refractivity contribution >= 4 is 0 Å². The minimum absolute atomic E-state index is 0.488. The molecule has 2 heteroatoms. The highest BCUT2D eigenvalue weighted by molar-refractivity contribution is 4.78. The molecule has 0 aromatic heterocycles. The van der Waals surface area contributed by atoms with Gasteiger partial charge in [-0.1, -0.05) is 20.8 Å². The van der Waals surface area contributed by atoms with E-state index in [1.165, 1.54) is 19.3 Å². The van der Waals surface area contributed by atoms with E-state index in [9.17, 15) is 0 Å². The van der Waals surface area contributed by atoms with Gasteiger partial charge >= 0.3 is 0 Å². The molecule has 0 saturated carbocycles. The van der Waals surface area contributed by atoms with Crippen molar-refractivity contribution in [2.75, 3.05) is 6.61 Å². The highest BCUT2D eigenvalue weighted by atomic mass is 16.5. The fraction of sp³-hybridized carbons (Fsp3) is 1.00. The van der Waals surface area contributed by atoms with Crippen LogP contribution in [0.25, 0.3) is 0 Å². The lowest BCUT2D eigenvalue weighted by atomic mass is 9.98. The predicted molar refractivity (Wildman–Crippen MR) is 65.1 cm³/mol. The van der Waals surface area contributed by atoms with Crippen molar-refractivity contribution in [2.24, 2.45) is 5.92 Å². The maximum absolute atomic E-state index is 5.68. The predicted octanol–water partition coefficient (Wildman–Crippen LogP) is 2.97. The van der Waals surface area contributed by atoms with Crippen molar-refractivity contribution in [3.05, 3.63) is 0 Å². The molecule has 1 fully saturated rings. The summed E-state index contributed by atoms with van der Waals surface area (Å²) < 4.78 is 5.68. The third-order valence-electron chi connectivity index (χ3n) is 3.17. The Morgan fingerprint density at radius 1 is 1.33 bits per heavy atom. The van der Waals surface area contributed by atoms with Crippen molar-refractivity contribution < 1.29 is 4.74 Å². The minimum atomic E-state index is 0.488. The molecule has 3 unspecified atom stereocenters. The van der Waals surface area contributed by atoms with Crippen LogP contribution in [0.3, 0.4) is 0 Å². The molecule has 1 aliphatic heterocycles. The minimum Gasteiger partial charge on any atom is -0.378 e. The van der Waals surface area contributed by atoms with E-state index in [4.69, 9.17) is 4.74 Å². The van der Waals surface area contributed by atoms with Crippen molar-refractivity contribution in [1.82, 2.24) is 5.32 Å². The van der Waals surface area contributed by atoms with Gasteiger partial charge in [0.1, 0.15) is 0 Å². The maximum atomic E-state index is 5.68. The second-order valence-electron chi connectivity index (χ2n) is 5.32. The number of ether oxygens (including phenoxy) is 1. The molecule has 0 bridgehead atoms. The standard InChI is InChI=1S/C13H27NO/c1-5-13-9-12(6-7-15-13)14-11(4)8-10(2)3/h10-14H,5-9H2,1-4H3. The van der Waals surface area contributed by atoms with E-state index in [0.29, 0.717) is 18.2 Å². The summed E-state index contributed by atoms with van der Waals surface area (Å²) in [5.41, 5.74) is 0. The van der Waals surface area contributed by atoms with Gasteiger partial charge < -0.3 is 10.1 Å². The van der Waals surface area contributed by atoms with E-state index >= 15 is 0 Å². The molecule has 0 aromatic carbocycles. The lowest BCUT2D eigenvalue weighted by Gasteiger charge is -2.32. The third-order valence-corrected chi connectivity index (χ3v) is 3.17. The number of nitrogens with one attached hydrogen (secondary N) is 1. The molecule has 1 saturated heterocycles. The molecule has 0 aliphatic carbocycles. The average molecular weight is 213 g/mol. The SMILES string of the molecule is CCC1CC(NC(C)CC(C)C)CCO1. The molecule has 90 valence electrons. The Morgan fingerprint density at radius 3 is 2.67 bits per heavy atom. The average Bonchev–Trinajstić information content (AvgIpc) is 2.16. The fourth-order valence-electron chi connectivity index (χ4n) is 2.49. The van der Waals surface area contributed by atoms with Crippen molar-refractivity contribution in [2.45, 2.75) is 71.6 Å². The summed E-state index contributed by atoms with van der Waals surface area (Å²) in [5, 5.41) is 3.73. The first-order valence-corrected chi connectivity index (χ1v) is 6.49. The zero-order valence-corrected chi connectivity index (χ0v) is 10.8. The molecule has 0 amide bonds. The van der Waals surface area contributed by atoms with Crippen LogP contribution in [0.15, 0.2) is 0 Å². The second kappa shape index (κ2) is 6.49. The van der Waals surface area contributed by atoms with Crippen LogP contribution >= 0.6 is 0 Å².